The highest BCUT2D eigenvalue weighted by atomic mass is 16.6. The zero-order chi connectivity index (χ0) is 24.5. The quantitative estimate of drug-likeness (QED) is 0.137. The van der Waals surface area contributed by atoms with Crippen LogP contribution >= 0.6 is 0 Å². The summed E-state index contributed by atoms with van der Waals surface area (Å²) in [7, 11) is 1.49. The van der Waals surface area contributed by atoms with Crippen LogP contribution in [-0.2, 0) is 11.2 Å². The number of hydrogen-bond donors (Lipinski definition) is 4. The van der Waals surface area contributed by atoms with Crippen molar-refractivity contribution in [3.63, 3.8) is 0 Å². The smallest absolute Gasteiger partial charge is 0.279 e. The highest BCUT2D eigenvalue weighted by Gasteiger charge is 2.18. The van der Waals surface area contributed by atoms with Gasteiger partial charge in [0.2, 0.25) is 5.91 Å². The first-order valence-corrected chi connectivity index (χ1v) is 11.1. The average Bonchev–Trinajstić information content (AvgIpc) is 3.25. The molecule has 0 aliphatic carbocycles. The molecule has 3 aromatic rings. The summed E-state index contributed by atoms with van der Waals surface area (Å²) in [5, 5.41) is 23.3. The predicted octanol–water partition coefficient (Wildman–Crippen LogP) is 3.86. The summed E-state index contributed by atoms with van der Waals surface area (Å²) in [6, 6.07) is 10.2. The SMILES string of the molecule is COc1cc(Cc2c[nH]c3cccc([N+](=O)[O-])c23)ccc1C(=O)NCCCCCCC(=O)NO. The van der Waals surface area contributed by atoms with Crippen LogP contribution in [0.4, 0.5) is 5.69 Å². The van der Waals surface area contributed by atoms with E-state index in [1.165, 1.54) is 13.2 Å². The minimum atomic E-state index is -0.397. The van der Waals surface area contributed by atoms with Gasteiger partial charge in [-0.05, 0) is 48.6 Å². The summed E-state index contributed by atoms with van der Waals surface area (Å²) in [6.07, 6.45) is 5.61. The number of hydrogen-bond acceptors (Lipinski definition) is 6. The number of methoxy groups -OCH3 is 1. The Morgan fingerprint density at radius 1 is 1.15 bits per heavy atom. The summed E-state index contributed by atoms with van der Waals surface area (Å²) in [5.74, 6) is -0.211. The number of amides is 2. The lowest BCUT2D eigenvalue weighted by Crippen LogP contribution is -2.25. The van der Waals surface area contributed by atoms with Gasteiger partial charge in [-0.1, -0.05) is 25.0 Å². The number of nitrogens with zero attached hydrogens (tertiary/aromatic N) is 1. The second-order valence-electron chi connectivity index (χ2n) is 7.94. The van der Waals surface area contributed by atoms with Crippen molar-refractivity contribution >= 4 is 28.4 Å². The van der Waals surface area contributed by atoms with E-state index in [2.05, 4.69) is 10.3 Å². The van der Waals surface area contributed by atoms with Gasteiger partial charge in [-0.3, -0.25) is 24.9 Å². The summed E-state index contributed by atoms with van der Waals surface area (Å²) in [6.45, 7) is 0.495. The van der Waals surface area contributed by atoms with Crippen molar-refractivity contribution in [1.82, 2.24) is 15.8 Å². The number of nitro benzene ring substituents is 1. The molecule has 0 fully saturated rings. The molecule has 10 heteroatoms. The van der Waals surface area contributed by atoms with Gasteiger partial charge in [0.1, 0.15) is 5.75 Å². The van der Waals surface area contributed by atoms with E-state index in [1.807, 2.05) is 6.07 Å². The van der Waals surface area contributed by atoms with Gasteiger partial charge < -0.3 is 15.0 Å². The van der Waals surface area contributed by atoms with Gasteiger partial charge >= 0.3 is 0 Å². The zero-order valence-corrected chi connectivity index (χ0v) is 18.9. The number of rotatable bonds is 12. The highest BCUT2D eigenvalue weighted by Crippen LogP contribution is 2.31. The maximum atomic E-state index is 12.6. The van der Waals surface area contributed by atoms with Crippen LogP contribution in [-0.4, -0.2) is 40.6 Å². The molecular weight excluding hydrogens is 440 g/mol. The first-order chi connectivity index (χ1) is 16.4. The van der Waals surface area contributed by atoms with Crippen LogP contribution in [0.15, 0.2) is 42.6 Å². The summed E-state index contributed by atoms with van der Waals surface area (Å²) < 4.78 is 5.43. The van der Waals surface area contributed by atoms with Gasteiger partial charge in [-0.2, -0.15) is 0 Å². The Bertz CT molecular complexity index is 1170. The van der Waals surface area contributed by atoms with Gasteiger partial charge in [0.15, 0.2) is 0 Å². The van der Waals surface area contributed by atoms with Crippen LogP contribution in [0.5, 0.6) is 5.75 Å². The number of nitro groups is 1. The van der Waals surface area contributed by atoms with E-state index >= 15 is 0 Å². The molecule has 1 heterocycles. The number of benzene rings is 2. The third kappa shape index (κ3) is 6.10. The number of hydroxylamine groups is 1. The molecule has 0 unspecified atom stereocenters. The highest BCUT2D eigenvalue weighted by molar-refractivity contribution is 5.97. The Morgan fingerprint density at radius 3 is 2.68 bits per heavy atom. The number of aromatic amines is 1. The third-order valence-electron chi connectivity index (χ3n) is 5.61. The Morgan fingerprint density at radius 2 is 1.94 bits per heavy atom. The molecule has 2 amide bonds. The molecule has 4 N–H and O–H groups in total. The predicted molar refractivity (Wildman–Crippen MR) is 126 cm³/mol. The van der Waals surface area contributed by atoms with Gasteiger partial charge in [-0.15, -0.1) is 0 Å². The van der Waals surface area contributed by atoms with Crippen molar-refractivity contribution < 1.29 is 24.5 Å². The number of carbonyl (C=O) groups is 2. The molecule has 180 valence electrons. The molecule has 0 radical (unpaired) electrons. The number of H-pyrrole nitrogens is 1. The molecular formula is C24H28N4O6. The van der Waals surface area contributed by atoms with Crippen LogP contribution in [0.3, 0.4) is 0 Å². The maximum Gasteiger partial charge on any atom is 0.279 e. The summed E-state index contributed by atoms with van der Waals surface area (Å²) in [4.78, 5) is 37.7. The Labute approximate surface area is 196 Å². The van der Waals surface area contributed by atoms with Gasteiger partial charge in [0, 0.05) is 25.2 Å². The molecule has 0 bridgehead atoms. The minimum absolute atomic E-state index is 0.0494. The Kier molecular flexibility index (Phi) is 8.58. The first-order valence-electron chi connectivity index (χ1n) is 11.1. The number of non-ortho nitro benzene ring substituents is 1. The van der Waals surface area contributed by atoms with Crippen molar-refractivity contribution in [3.05, 3.63) is 69.4 Å². The third-order valence-corrected chi connectivity index (χ3v) is 5.61. The number of unbranched alkanes of at least 4 members (excludes halogenated alkanes) is 3. The van der Waals surface area contributed by atoms with Crippen LogP contribution in [0.1, 0.15) is 53.6 Å². The molecule has 10 nitrogen and oxygen atoms in total. The summed E-state index contributed by atoms with van der Waals surface area (Å²) in [5.41, 5.74) is 4.42. The fourth-order valence-corrected chi connectivity index (χ4v) is 3.90. The number of aromatic nitrogens is 1. The lowest BCUT2D eigenvalue weighted by molar-refractivity contribution is -0.383. The molecule has 1 aromatic heterocycles. The average molecular weight is 469 g/mol. The molecule has 34 heavy (non-hydrogen) atoms. The van der Waals surface area contributed by atoms with E-state index in [0.717, 1.165) is 30.4 Å². The van der Waals surface area contributed by atoms with Crippen LogP contribution in [0.2, 0.25) is 0 Å². The molecule has 0 saturated carbocycles. The second-order valence-corrected chi connectivity index (χ2v) is 7.94. The van der Waals surface area contributed by atoms with E-state index in [9.17, 15) is 19.7 Å². The molecule has 0 spiro atoms. The number of carbonyl (C=O) groups excluding carboxylic acids is 2. The van der Waals surface area contributed by atoms with E-state index in [4.69, 9.17) is 9.94 Å². The molecule has 2 aromatic carbocycles. The number of fused-ring (bicyclic) bond motifs is 1. The Hall–Kier alpha value is -3.92. The van der Waals surface area contributed by atoms with Gasteiger partial charge in [-0.25, -0.2) is 5.48 Å². The van der Waals surface area contributed by atoms with E-state index in [-0.39, 0.29) is 22.9 Å². The molecule has 0 aliphatic heterocycles. The number of nitrogens with one attached hydrogen (secondary N) is 3. The Balaban J connectivity index is 1.61. The first kappa shape index (κ1) is 24.7. The fraction of sp³-hybridized carbons (Fsp3) is 0.333. The zero-order valence-electron chi connectivity index (χ0n) is 18.9. The topological polar surface area (TPSA) is 147 Å². The van der Waals surface area contributed by atoms with Crippen molar-refractivity contribution in [1.29, 1.82) is 0 Å². The van der Waals surface area contributed by atoms with Crippen molar-refractivity contribution in [2.45, 2.75) is 38.5 Å². The van der Waals surface area contributed by atoms with E-state index in [1.54, 1.807) is 35.9 Å². The van der Waals surface area contributed by atoms with Crippen LogP contribution in [0, 0.1) is 10.1 Å². The van der Waals surface area contributed by atoms with Gasteiger partial charge in [0.05, 0.1) is 28.5 Å². The molecule has 0 aliphatic rings. The van der Waals surface area contributed by atoms with Crippen molar-refractivity contribution in [2.24, 2.45) is 0 Å². The normalized spacial score (nSPS) is 10.8. The lowest BCUT2D eigenvalue weighted by Gasteiger charge is -2.11. The minimum Gasteiger partial charge on any atom is -0.496 e. The largest absolute Gasteiger partial charge is 0.496 e. The number of ether oxygens (including phenoxy) is 1. The lowest BCUT2D eigenvalue weighted by atomic mass is 10.0. The fourth-order valence-electron chi connectivity index (χ4n) is 3.90. The standard InChI is InChI=1S/C24H28N4O6/c1-34-21-14-16(13-17-15-26-19-7-6-8-20(23(17)19)28(32)33)10-11-18(21)24(30)25-12-5-3-2-4-9-22(29)27-31/h6-8,10-11,14-15,26,31H,2-5,9,12-13H2,1H3,(H,25,30)(H,27,29). The molecule has 0 saturated heterocycles. The summed E-state index contributed by atoms with van der Waals surface area (Å²) >= 11 is 0. The van der Waals surface area contributed by atoms with Crippen LogP contribution < -0.4 is 15.5 Å². The van der Waals surface area contributed by atoms with Crippen LogP contribution in [0.25, 0.3) is 10.9 Å². The molecule has 3 rings (SSSR count). The van der Waals surface area contributed by atoms with Crippen molar-refractivity contribution in [2.75, 3.05) is 13.7 Å². The molecule has 0 atom stereocenters. The van der Waals surface area contributed by atoms with E-state index < -0.39 is 5.91 Å². The second kappa shape index (κ2) is 11.8. The maximum absolute atomic E-state index is 12.6. The van der Waals surface area contributed by atoms with E-state index in [0.29, 0.717) is 41.6 Å². The van der Waals surface area contributed by atoms with Gasteiger partial charge in [0.25, 0.3) is 11.6 Å². The van der Waals surface area contributed by atoms with Crippen molar-refractivity contribution in [3.8, 4) is 5.75 Å². The monoisotopic (exact) mass is 468 g/mol.